The first-order valence-electron chi connectivity index (χ1n) is 9.74. The highest BCUT2D eigenvalue weighted by Crippen LogP contribution is 2.33. The molecule has 4 aromatic rings. The molecule has 0 spiro atoms. The zero-order chi connectivity index (χ0) is 22.7. The lowest BCUT2D eigenvalue weighted by molar-refractivity contribution is -0.139. The fraction of sp³-hybridized carbons (Fsp3) is 0.130. The van der Waals surface area contributed by atoms with Gasteiger partial charge in [-0.05, 0) is 47.9 Å². The van der Waals surface area contributed by atoms with Crippen molar-refractivity contribution in [1.29, 1.82) is 0 Å². The van der Waals surface area contributed by atoms with Gasteiger partial charge in [0.25, 0.3) is 0 Å². The summed E-state index contributed by atoms with van der Waals surface area (Å²) in [6, 6.07) is 13.4. The number of H-pyrrole nitrogens is 1. The third-order valence-electron chi connectivity index (χ3n) is 4.89. The molecule has 0 atom stereocenters. The average Bonchev–Trinajstić information content (AvgIpc) is 3.22. The molecule has 3 N–H and O–H groups in total. The summed E-state index contributed by atoms with van der Waals surface area (Å²) in [5, 5.41) is 5.88. The van der Waals surface area contributed by atoms with E-state index < -0.39 is 23.6 Å². The number of hydrogen-bond acceptors (Lipinski definition) is 2. The van der Waals surface area contributed by atoms with E-state index >= 15 is 0 Å². The topological polar surface area (TPSA) is 69.8 Å². The lowest BCUT2D eigenvalue weighted by Gasteiger charge is -2.12. The highest BCUT2D eigenvalue weighted by Gasteiger charge is 2.34. The van der Waals surface area contributed by atoms with Gasteiger partial charge in [-0.25, -0.2) is 14.2 Å². The molecule has 5 nitrogen and oxygen atoms in total. The number of fused-ring (bicyclic) bond motifs is 1. The van der Waals surface area contributed by atoms with Crippen LogP contribution in [0, 0.1) is 5.82 Å². The summed E-state index contributed by atoms with van der Waals surface area (Å²) in [5.74, 6) is -1.39. The minimum absolute atomic E-state index is 0.147. The summed E-state index contributed by atoms with van der Waals surface area (Å²) in [6.07, 6.45) is -0.727. The number of carbonyl (C=O) groups excluding carboxylic acids is 1. The molecule has 0 aliphatic carbocycles. The molecule has 2 aromatic carbocycles. The fourth-order valence-corrected chi connectivity index (χ4v) is 3.32. The van der Waals surface area contributed by atoms with E-state index in [-0.39, 0.29) is 12.2 Å². The third-order valence-corrected chi connectivity index (χ3v) is 4.89. The number of aromatic amines is 1. The van der Waals surface area contributed by atoms with Crippen molar-refractivity contribution in [3.63, 3.8) is 0 Å². The van der Waals surface area contributed by atoms with E-state index in [1.807, 2.05) is 42.6 Å². The van der Waals surface area contributed by atoms with E-state index in [9.17, 15) is 22.4 Å². The first kappa shape index (κ1) is 21.4. The normalized spacial score (nSPS) is 11.5. The molecule has 2 aromatic heterocycles. The van der Waals surface area contributed by atoms with E-state index in [1.165, 1.54) is 0 Å². The molecule has 4 rings (SSSR count). The first-order valence-corrected chi connectivity index (χ1v) is 9.74. The van der Waals surface area contributed by atoms with Crippen LogP contribution in [0.5, 0.6) is 0 Å². The van der Waals surface area contributed by atoms with E-state index in [0.717, 1.165) is 33.8 Å². The monoisotopic (exact) mass is 442 g/mol. The number of rotatable bonds is 5. The van der Waals surface area contributed by atoms with Crippen LogP contribution in [0.1, 0.15) is 11.1 Å². The number of carbonyl (C=O) groups is 1. The van der Waals surface area contributed by atoms with Crippen molar-refractivity contribution >= 4 is 22.8 Å². The number of amides is 2. The number of alkyl halides is 3. The molecule has 0 saturated heterocycles. The van der Waals surface area contributed by atoms with Gasteiger partial charge in [-0.3, -0.25) is 0 Å². The summed E-state index contributed by atoms with van der Waals surface area (Å²) in [4.78, 5) is 19.5. The number of nitrogens with zero attached hydrogens (tertiary/aromatic N) is 1. The van der Waals surface area contributed by atoms with Crippen LogP contribution < -0.4 is 10.6 Å². The van der Waals surface area contributed by atoms with Crippen LogP contribution in [0.4, 0.5) is 28.0 Å². The van der Waals surface area contributed by atoms with Crippen LogP contribution in [0.2, 0.25) is 0 Å². The number of nitrogens with one attached hydrogen (secondary N) is 3. The van der Waals surface area contributed by atoms with Gasteiger partial charge in [-0.2, -0.15) is 13.2 Å². The molecule has 0 fully saturated rings. The van der Waals surface area contributed by atoms with Gasteiger partial charge in [0, 0.05) is 35.6 Å². The smallest absolute Gasteiger partial charge is 0.346 e. The quantitative estimate of drug-likeness (QED) is 0.345. The molecule has 2 heterocycles. The summed E-state index contributed by atoms with van der Waals surface area (Å²) >= 11 is 0. The molecule has 164 valence electrons. The van der Waals surface area contributed by atoms with E-state index in [2.05, 4.69) is 20.6 Å². The van der Waals surface area contributed by atoms with Gasteiger partial charge < -0.3 is 15.6 Å². The van der Waals surface area contributed by atoms with Gasteiger partial charge in [-0.1, -0.05) is 24.3 Å². The maximum atomic E-state index is 13.4. The zero-order valence-corrected chi connectivity index (χ0v) is 16.6. The third kappa shape index (κ3) is 4.88. The van der Waals surface area contributed by atoms with Gasteiger partial charge in [0.15, 0.2) is 0 Å². The summed E-state index contributed by atoms with van der Waals surface area (Å²) < 4.78 is 51.7. The van der Waals surface area contributed by atoms with Crippen LogP contribution in [0.15, 0.2) is 67.0 Å². The standard InChI is InChI=1S/C23H18F4N4O/c24-20-5-4-18(12-19(20)23(25,26)27)31-22(32)29-8-6-14-2-1-3-15(10-14)17-11-16-7-9-28-21(16)30-13-17/h1-5,7,9-13H,6,8H2,(H,28,30)(H2,29,31,32). The molecule has 32 heavy (non-hydrogen) atoms. The summed E-state index contributed by atoms with van der Waals surface area (Å²) in [7, 11) is 0. The van der Waals surface area contributed by atoms with Gasteiger partial charge in [0.2, 0.25) is 0 Å². The van der Waals surface area contributed by atoms with Gasteiger partial charge in [0.1, 0.15) is 11.5 Å². The molecular formula is C23H18F4N4O. The van der Waals surface area contributed by atoms with Crippen molar-refractivity contribution in [1.82, 2.24) is 15.3 Å². The Hall–Kier alpha value is -3.88. The number of halogens is 4. The van der Waals surface area contributed by atoms with Crippen molar-refractivity contribution in [3.8, 4) is 11.1 Å². The highest BCUT2D eigenvalue weighted by molar-refractivity contribution is 5.89. The Kier molecular flexibility index (Phi) is 5.81. The lowest BCUT2D eigenvalue weighted by Crippen LogP contribution is -2.30. The summed E-state index contributed by atoms with van der Waals surface area (Å²) in [6.45, 7) is 0.262. The second-order valence-electron chi connectivity index (χ2n) is 7.16. The maximum absolute atomic E-state index is 13.4. The Morgan fingerprint density at radius 1 is 1.03 bits per heavy atom. The number of urea groups is 1. The van der Waals surface area contributed by atoms with Crippen molar-refractivity contribution in [3.05, 3.63) is 83.9 Å². The Balaban J connectivity index is 1.35. The molecule has 0 saturated carbocycles. The summed E-state index contributed by atoms with van der Waals surface area (Å²) in [5.41, 5.74) is 2.14. The van der Waals surface area contributed by atoms with Gasteiger partial charge in [0.05, 0.1) is 5.56 Å². The SMILES string of the molecule is O=C(NCCc1cccc(-c2cnc3[nH]ccc3c2)c1)Nc1ccc(F)c(C(F)(F)F)c1. The second-order valence-corrected chi connectivity index (χ2v) is 7.16. The Labute approximate surface area is 180 Å². The molecule has 0 unspecified atom stereocenters. The number of anilines is 1. The number of pyridine rings is 1. The van der Waals surface area contributed by atoms with Gasteiger partial charge >= 0.3 is 12.2 Å². The van der Waals surface area contributed by atoms with E-state index in [0.29, 0.717) is 18.6 Å². The van der Waals surface area contributed by atoms with Crippen molar-refractivity contribution < 1.29 is 22.4 Å². The van der Waals surface area contributed by atoms with Crippen molar-refractivity contribution in [2.75, 3.05) is 11.9 Å². The Morgan fingerprint density at radius 3 is 2.69 bits per heavy atom. The van der Waals surface area contributed by atoms with Crippen LogP contribution in [-0.2, 0) is 12.6 Å². The maximum Gasteiger partial charge on any atom is 0.419 e. The van der Waals surface area contributed by atoms with Gasteiger partial charge in [-0.15, -0.1) is 0 Å². The molecule has 2 amide bonds. The van der Waals surface area contributed by atoms with Crippen LogP contribution >= 0.6 is 0 Å². The average molecular weight is 442 g/mol. The highest BCUT2D eigenvalue weighted by atomic mass is 19.4. The predicted molar refractivity (Wildman–Crippen MR) is 114 cm³/mol. The molecular weight excluding hydrogens is 424 g/mol. The van der Waals surface area contributed by atoms with Crippen LogP contribution in [0.25, 0.3) is 22.2 Å². The molecule has 0 radical (unpaired) electrons. The largest absolute Gasteiger partial charge is 0.419 e. The minimum Gasteiger partial charge on any atom is -0.346 e. The number of benzene rings is 2. The lowest BCUT2D eigenvalue weighted by atomic mass is 10.0. The molecule has 0 bridgehead atoms. The molecule has 9 heteroatoms. The predicted octanol–water partition coefficient (Wildman–Crippen LogP) is 5.75. The second kappa shape index (κ2) is 8.70. The Morgan fingerprint density at radius 2 is 1.88 bits per heavy atom. The first-order chi connectivity index (χ1) is 15.3. The fourth-order valence-electron chi connectivity index (χ4n) is 3.32. The molecule has 0 aliphatic rings. The van der Waals surface area contributed by atoms with Crippen molar-refractivity contribution in [2.45, 2.75) is 12.6 Å². The van der Waals surface area contributed by atoms with Crippen LogP contribution in [-0.4, -0.2) is 22.5 Å². The van der Waals surface area contributed by atoms with E-state index in [4.69, 9.17) is 0 Å². The molecule has 0 aliphatic heterocycles. The minimum atomic E-state index is -4.84. The zero-order valence-electron chi connectivity index (χ0n) is 16.6. The van der Waals surface area contributed by atoms with E-state index in [1.54, 1.807) is 6.20 Å². The Bertz CT molecular complexity index is 1270. The van der Waals surface area contributed by atoms with Crippen molar-refractivity contribution in [2.24, 2.45) is 0 Å². The number of aromatic nitrogens is 2. The van der Waals surface area contributed by atoms with Crippen LogP contribution in [0.3, 0.4) is 0 Å². The number of hydrogen-bond donors (Lipinski definition) is 3.